The molecule has 0 spiro atoms. The van der Waals surface area contributed by atoms with Crippen LogP contribution in [0.25, 0.3) is 0 Å². The van der Waals surface area contributed by atoms with Gasteiger partial charge in [-0.05, 0) is 77.7 Å². The summed E-state index contributed by atoms with van der Waals surface area (Å²) >= 11 is 2.09. The van der Waals surface area contributed by atoms with Crippen molar-refractivity contribution < 1.29 is 20.3 Å². The van der Waals surface area contributed by atoms with Crippen molar-refractivity contribution in [3.05, 3.63) is 57.6 Å². The van der Waals surface area contributed by atoms with E-state index in [-0.39, 0.29) is 16.7 Å². The third-order valence-electron chi connectivity index (χ3n) is 8.77. The monoisotopic (exact) mass is 614 g/mol. The molecular formula is C38H62O4S. The first-order valence-corrected chi connectivity index (χ1v) is 17.8. The molecule has 0 aliphatic rings. The van der Waals surface area contributed by atoms with E-state index in [9.17, 15) is 10.5 Å². The molecule has 2 N–H and O–H groups in total. The Bertz CT molecular complexity index is 1040. The second-order valence-corrected chi connectivity index (χ2v) is 16.3. The van der Waals surface area contributed by atoms with Gasteiger partial charge >= 0.3 is 0 Å². The lowest BCUT2D eigenvalue weighted by Crippen LogP contribution is -2.18. The summed E-state index contributed by atoms with van der Waals surface area (Å²) in [6.45, 7) is 21.8. The maximum atomic E-state index is 9.72. The number of thioether (sulfide) groups is 1. The molecule has 0 heterocycles. The number of unbranched alkanes of at least 4 members (excludes halogenated alkanes) is 9. The molecule has 0 radical (unpaired) electrons. The molecule has 0 aliphatic heterocycles. The molecule has 1 atom stereocenters. The van der Waals surface area contributed by atoms with Gasteiger partial charge in [-0.2, -0.15) is 11.8 Å². The van der Waals surface area contributed by atoms with E-state index in [4.69, 9.17) is 9.78 Å². The first-order chi connectivity index (χ1) is 20.2. The molecule has 0 aliphatic carbocycles. The van der Waals surface area contributed by atoms with Crippen molar-refractivity contribution in [2.75, 3.05) is 5.75 Å². The highest BCUT2D eigenvalue weighted by molar-refractivity contribution is 7.99. The average molecular weight is 615 g/mol. The Balaban J connectivity index is 2.28. The molecule has 0 amide bonds. The van der Waals surface area contributed by atoms with Crippen molar-refractivity contribution in [2.45, 2.75) is 162 Å². The predicted octanol–water partition coefficient (Wildman–Crippen LogP) is 12.2. The third-order valence-corrected chi connectivity index (χ3v) is 10.1. The molecule has 1 unspecified atom stereocenters. The molecule has 5 heteroatoms. The van der Waals surface area contributed by atoms with E-state index in [1.54, 1.807) is 0 Å². The minimum Gasteiger partial charge on any atom is -0.340 e. The van der Waals surface area contributed by atoms with Crippen LogP contribution in [0.15, 0.2) is 24.3 Å². The third kappa shape index (κ3) is 11.6. The van der Waals surface area contributed by atoms with Gasteiger partial charge in [-0.1, -0.05) is 125 Å². The molecule has 0 fully saturated rings. The van der Waals surface area contributed by atoms with Crippen molar-refractivity contribution in [2.24, 2.45) is 0 Å². The second-order valence-electron chi connectivity index (χ2n) is 14.7. The van der Waals surface area contributed by atoms with E-state index in [0.29, 0.717) is 16.7 Å². The molecular weight excluding hydrogens is 552 g/mol. The van der Waals surface area contributed by atoms with Gasteiger partial charge < -0.3 is 9.78 Å². The van der Waals surface area contributed by atoms with Gasteiger partial charge in [0, 0.05) is 22.3 Å². The van der Waals surface area contributed by atoms with Crippen LogP contribution in [-0.2, 0) is 10.8 Å². The Morgan fingerprint density at radius 1 is 0.651 bits per heavy atom. The van der Waals surface area contributed by atoms with Crippen LogP contribution in [0.2, 0.25) is 0 Å². The second kappa shape index (κ2) is 17.7. The molecule has 0 bridgehead atoms. The zero-order chi connectivity index (χ0) is 32.2. The quantitative estimate of drug-likeness (QED) is 0.0993. The number of aryl methyl sites for hydroxylation is 2. The zero-order valence-electron chi connectivity index (χ0n) is 29.1. The van der Waals surface area contributed by atoms with Crippen LogP contribution in [0.3, 0.4) is 0 Å². The maximum Gasteiger partial charge on any atom is 0.169 e. The number of hydrogen-bond acceptors (Lipinski definition) is 5. The van der Waals surface area contributed by atoms with Crippen LogP contribution in [0.5, 0.6) is 11.5 Å². The Morgan fingerprint density at radius 2 is 1.05 bits per heavy atom. The van der Waals surface area contributed by atoms with Gasteiger partial charge in [-0.3, -0.25) is 0 Å². The van der Waals surface area contributed by atoms with E-state index in [2.05, 4.69) is 93.1 Å². The van der Waals surface area contributed by atoms with E-state index in [1.807, 2.05) is 12.1 Å². The van der Waals surface area contributed by atoms with Crippen molar-refractivity contribution in [3.8, 4) is 11.5 Å². The number of benzene rings is 2. The van der Waals surface area contributed by atoms with Gasteiger partial charge in [0.15, 0.2) is 11.5 Å². The largest absolute Gasteiger partial charge is 0.340 e. The van der Waals surface area contributed by atoms with Crippen LogP contribution in [-0.4, -0.2) is 21.5 Å². The smallest absolute Gasteiger partial charge is 0.169 e. The van der Waals surface area contributed by atoms with E-state index in [1.165, 1.54) is 81.1 Å². The predicted molar refractivity (Wildman–Crippen MR) is 186 cm³/mol. The van der Waals surface area contributed by atoms with Crippen LogP contribution in [0.4, 0.5) is 0 Å². The molecule has 0 aromatic heterocycles. The molecule has 2 aromatic rings. The Morgan fingerprint density at radius 3 is 1.42 bits per heavy atom. The zero-order valence-corrected chi connectivity index (χ0v) is 29.9. The van der Waals surface area contributed by atoms with Crippen molar-refractivity contribution in [1.82, 2.24) is 0 Å². The Kier molecular flexibility index (Phi) is 15.4. The van der Waals surface area contributed by atoms with Gasteiger partial charge in [0.1, 0.15) is 0 Å². The number of rotatable bonds is 18. The first-order valence-electron chi connectivity index (χ1n) is 16.8. The first kappa shape index (κ1) is 37.5. The highest BCUT2D eigenvalue weighted by Crippen LogP contribution is 2.44. The maximum absolute atomic E-state index is 9.72. The van der Waals surface area contributed by atoms with Crippen molar-refractivity contribution in [3.63, 3.8) is 0 Å². The van der Waals surface area contributed by atoms with E-state index in [0.717, 1.165) is 28.7 Å². The fourth-order valence-corrected chi connectivity index (χ4v) is 7.27. The molecule has 244 valence electrons. The molecule has 0 saturated heterocycles. The summed E-state index contributed by atoms with van der Waals surface area (Å²) in [5.41, 5.74) is 6.34. The van der Waals surface area contributed by atoms with Gasteiger partial charge in [-0.15, -0.1) is 0 Å². The number of hydrogen-bond donors (Lipinski definition) is 2. The average Bonchev–Trinajstić information content (AvgIpc) is 2.93. The Labute approximate surface area is 268 Å². The minimum atomic E-state index is -0.193. The van der Waals surface area contributed by atoms with Gasteiger partial charge in [0.25, 0.3) is 0 Å². The molecule has 43 heavy (non-hydrogen) atoms. The van der Waals surface area contributed by atoms with Crippen LogP contribution < -0.4 is 9.78 Å². The summed E-state index contributed by atoms with van der Waals surface area (Å²) in [4.78, 5) is 9.73. The highest BCUT2D eigenvalue weighted by atomic mass is 32.2. The summed E-state index contributed by atoms with van der Waals surface area (Å²) in [6, 6.07) is 8.46. The summed E-state index contributed by atoms with van der Waals surface area (Å²) in [6.07, 6.45) is 14.6. The minimum absolute atomic E-state index is 0.151. The molecule has 2 rings (SSSR count). The standard InChI is InChI=1S/C38H62O4S/c1-11-12-13-14-15-16-17-18-19-20-21-43-29(4)24-32(30-25-33(37(5,6)7)35(41-39)22-27(30)2)31-26-34(38(8,9)10)36(42-40)23-28(31)3/h22-23,25-26,29,32,39-40H,11-21,24H2,1-10H3. The van der Waals surface area contributed by atoms with Crippen LogP contribution in [0.1, 0.15) is 165 Å². The van der Waals surface area contributed by atoms with E-state index >= 15 is 0 Å². The molecule has 4 nitrogen and oxygen atoms in total. The lowest BCUT2D eigenvalue weighted by atomic mass is 9.76. The lowest BCUT2D eigenvalue weighted by Gasteiger charge is -2.30. The Hall–Kier alpha value is -1.69. The SMILES string of the molecule is CCCCCCCCCCCCSC(C)CC(c1cc(C(C)(C)C)c(OO)cc1C)c1cc(C(C)(C)C)c(OO)cc1C. The van der Waals surface area contributed by atoms with Gasteiger partial charge in [-0.25, -0.2) is 10.5 Å². The summed E-state index contributed by atoms with van der Waals surface area (Å²) in [7, 11) is 0. The lowest BCUT2D eigenvalue weighted by molar-refractivity contribution is -0.138. The fourth-order valence-electron chi connectivity index (χ4n) is 6.17. The fraction of sp³-hybridized carbons (Fsp3) is 0.684. The summed E-state index contributed by atoms with van der Waals surface area (Å²) in [5.74, 6) is 2.38. The highest BCUT2D eigenvalue weighted by Gasteiger charge is 2.29. The molecule has 0 saturated carbocycles. The van der Waals surface area contributed by atoms with Gasteiger partial charge in [0.05, 0.1) is 0 Å². The van der Waals surface area contributed by atoms with E-state index < -0.39 is 0 Å². The van der Waals surface area contributed by atoms with Crippen molar-refractivity contribution >= 4 is 11.8 Å². The van der Waals surface area contributed by atoms with Crippen LogP contribution >= 0.6 is 11.8 Å². The van der Waals surface area contributed by atoms with Gasteiger partial charge in [0.2, 0.25) is 0 Å². The topological polar surface area (TPSA) is 58.9 Å². The summed E-state index contributed by atoms with van der Waals surface area (Å²) in [5, 5.41) is 19.9. The normalized spacial score (nSPS) is 13.0. The van der Waals surface area contributed by atoms with Crippen molar-refractivity contribution in [1.29, 1.82) is 0 Å². The molecule has 2 aromatic carbocycles. The van der Waals surface area contributed by atoms with Crippen LogP contribution in [0, 0.1) is 13.8 Å². The summed E-state index contributed by atoms with van der Waals surface area (Å²) < 4.78 is 0.